The molecule has 22 heavy (non-hydrogen) atoms. The lowest BCUT2D eigenvalue weighted by atomic mass is 10.1. The zero-order valence-electron chi connectivity index (χ0n) is 12.1. The van der Waals surface area contributed by atoms with Gasteiger partial charge >= 0.3 is 0 Å². The van der Waals surface area contributed by atoms with Crippen LogP contribution in [0.1, 0.15) is 16.9 Å². The van der Waals surface area contributed by atoms with Gasteiger partial charge in [0.2, 0.25) is 0 Å². The molecule has 0 fully saturated rings. The maximum atomic E-state index is 12.2. The first-order valence-electron chi connectivity index (χ1n) is 7.21. The highest BCUT2D eigenvalue weighted by molar-refractivity contribution is 9.10. The molecule has 2 N–H and O–H groups in total. The van der Waals surface area contributed by atoms with E-state index in [4.69, 9.17) is 0 Å². The quantitative estimate of drug-likeness (QED) is 0.822. The molecule has 5 nitrogen and oxygen atoms in total. The molecule has 6 heteroatoms. The number of benzene rings is 1. The Labute approximate surface area is 137 Å². The fourth-order valence-corrected chi connectivity index (χ4v) is 2.71. The van der Waals surface area contributed by atoms with Crippen LogP contribution in [0.5, 0.6) is 0 Å². The highest BCUT2D eigenvalue weighted by Crippen LogP contribution is 2.15. The van der Waals surface area contributed by atoms with Gasteiger partial charge in [-0.2, -0.15) is 5.10 Å². The van der Waals surface area contributed by atoms with Crippen LogP contribution in [0.25, 0.3) is 5.69 Å². The van der Waals surface area contributed by atoms with Gasteiger partial charge in [0, 0.05) is 23.8 Å². The van der Waals surface area contributed by atoms with Crippen LogP contribution in [0.2, 0.25) is 0 Å². The maximum Gasteiger partial charge on any atom is 0.272 e. The third-order valence-electron chi connectivity index (χ3n) is 3.53. The molecule has 1 amide bonds. The van der Waals surface area contributed by atoms with Crippen molar-refractivity contribution in [1.29, 1.82) is 0 Å². The molecule has 1 aromatic carbocycles. The van der Waals surface area contributed by atoms with Crippen molar-refractivity contribution in [3.63, 3.8) is 0 Å². The second-order valence-corrected chi connectivity index (χ2v) is 6.04. The zero-order valence-corrected chi connectivity index (χ0v) is 13.6. The summed E-state index contributed by atoms with van der Waals surface area (Å²) in [5, 5.41) is 10.5. The van der Waals surface area contributed by atoms with Crippen LogP contribution < -0.4 is 10.6 Å². The molecule has 1 aliphatic rings. The van der Waals surface area contributed by atoms with E-state index in [1.54, 1.807) is 16.9 Å². The van der Waals surface area contributed by atoms with Crippen molar-refractivity contribution in [3.8, 4) is 5.69 Å². The van der Waals surface area contributed by atoms with E-state index in [1.807, 2.05) is 24.3 Å². The second kappa shape index (κ2) is 6.89. The number of hydrogen-bond donors (Lipinski definition) is 2. The van der Waals surface area contributed by atoms with Crippen LogP contribution in [-0.2, 0) is 0 Å². The Hall–Kier alpha value is -1.92. The molecule has 0 saturated carbocycles. The van der Waals surface area contributed by atoms with Gasteiger partial charge in [-0.25, -0.2) is 4.68 Å². The van der Waals surface area contributed by atoms with E-state index in [0.29, 0.717) is 12.2 Å². The first kappa shape index (κ1) is 15.0. The molecule has 3 rings (SSSR count). The average molecular weight is 361 g/mol. The normalized spacial score (nSPS) is 14.5. The van der Waals surface area contributed by atoms with Gasteiger partial charge in [0.15, 0.2) is 5.69 Å². The Morgan fingerprint density at radius 2 is 2.32 bits per heavy atom. The summed E-state index contributed by atoms with van der Waals surface area (Å²) in [5.41, 5.74) is 2.60. The van der Waals surface area contributed by atoms with Crippen LogP contribution in [-0.4, -0.2) is 35.3 Å². The number of amides is 1. The Balaban J connectivity index is 1.65. The standard InChI is InChI=1S/C16H17BrN4O/c17-13-2-1-3-14(10-13)21-9-6-15(20-21)16(22)19-11-12-4-7-18-8-5-12/h1-4,6,9-10,18H,5,7-8,11H2,(H,19,22). The van der Waals surface area contributed by atoms with E-state index < -0.39 is 0 Å². The fraction of sp³-hybridized carbons (Fsp3) is 0.250. The first-order valence-corrected chi connectivity index (χ1v) is 8.00. The fourth-order valence-electron chi connectivity index (χ4n) is 2.32. The number of hydrogen-bond acceptors (Lipinski definition) is 3. The van der Waals surface area contributed by atoms with Crippen LogP contribution >= 0.6 is 15.9 Å². The molecule has 0 saturated heterocycles. The molecule has 1 aromatic heterocycles. The second-order valence-electron chi connectivity index (χ2n) is 5.12. The van der Waals surface area contributed by atoms with Crippen LogP contribution in [0.4, 0.5) is 0 Å². The van der Waals surface area contributed by atoms with E-state index in [2.05, 4.69) is 37.7 Å². The van der Waals surface area contributed by atoms with Crippen LogP contribution in [0, 0.1) is 0 Å². The van der Waals surface area contributed by atoms with Gasteiger partial charge in [0.1, 0.15) is 0 Å². The number of rotatable bonds is 4. The molecule has 114 valence electrons. The smallest absolute Gasteiger partial charge is 0.272 e. The monoisotopic (exact) mass is 360 g/mol. The largest absolute Gasteiger partial charge is 0.347 e. The minimum atomic E-state index is -0.145. The maximum absolute atomic E-state index is 12.2. The van der Waals surface area contributed by atoms with Gasteiger partial charge in [0.25, 0.3) is 5.91 Å². The lowest BCUT2D eigenvalue weighted by Crippen LogP contribution is -2.29. The van der Waals surface area contributed by atoms with Crippen molar-refractivity contribution in [3.05, 3.63) is 58.3 Å². The molecule has 0 unspecified atom stereocenters. The molecule has 2 aromatic rings. The Kier molecular flexibility index (Phi) is 4.70. The summed E-state index contributed by atoms with van der Waals surface area (Å²) in [7, 11) is 0. The molecular formula is C16H17BrN4O. The molecule has 0 spiro atoms. The van der Waals surface area contributed by atoms with Crippen molar-refractivity contribution >= 4 is 21.8 Å². The van der Waals surface area contributed by atoms with Gasteiger partial charge in [-0.3, -0.25) is 4.79 Å². The first-order chi connectivity index (χ1) is 10.7. The van der Waals surface area contributed by atoms with Crippen LogP contribution in [0.15, 0.2) is 52.7 Å². The minimum Gasteiger partial charge on any atom is -0.347 e. The highest BCUT2D eigenvalue weighted by atomic mass is 79.9. The number of nitrogens with zero attached hydrogens (tertiary/aromatic N) is 2. The van der Waals surface area contributed by atoms with Crippen LogP contribution in [0.3, 0.4) is 0 Å². The predicted octanol–water partition coefficient (Wildman–Crippen LogP) is 2.28. The summed E-state index contributed by atoms with van der Waals surface area (Å²) in [6.45, 7) is 2.44. The summed E-state index contributed by atoms with van der Waals surface area (Å²) < 4.78 is 2.67. The molecule has 0 atom stereocenters. The molecule has 1 aliphatic heterocycles. The molecular weight excluding hydrogens is 344 g/mol. The number of halogens is 1. The van der Waals surface area contributed by atoms with Gasteiger partial charge in [-0.15, -0.1) is 0 Å². The summed E-state index contributed by atoms with van der Waals surface area (Å²) >= 11 is 3.43. The average Bonchev–Trinajstić information content (AvgIpc) is 3.04. The van der Waals surface area contributed by atoms with Gasteiger partial charge in [-0.1, -0.05) is 33.6 Å². The summed E-state index contributed by atoms with van der Waals surface area (Å²) in [6, 6.07) is 9.51. The van der Waals surface area contributed by atoms with Gasteiger partial charge < -0.3 is 10.6 Å². The zero-order chi connectivity index (χ0) is 15.4. The summed E-state index contributed by atoms with van der Waals surface area (Å²) in [4.78, 5) is 12.2. The van der Waals surface area contributed by atoms with Gasteiger partial charge in [0.05, 0.1) is 5.69 Å². The summed E-state index contributed by atoms with van der Waals surface area (Å²) in [5.74, 6) is -0.145. The SMILES string of the molecule is O=C(NCC1=CCNCC1)c1ccn(-c2cccc(Br)c2)n1. The van der Waals surface area contributed by atoms with Crippen molar-refractivity contribution < 1.29 is 4.79 Å². The van der Waals surface area contributed by atoms with Crippen molar-refractivity contribution in [2.75, 3.05) is 19.6 Å². The Bertz CT molecular complexity index is 708. The lowest BCUT2D eigenvalue weighted by molar-refractivity contribution is 0.0951. The third kappa shape index (κ3) is 3.64. The van der Waals surface area contributed by atoms with Crippen molar-refractivity contribution in [2.45, 2.75) is 6.42 Å². The Morgan fingerprint density at radius 1 is 1.41 bits per heavy atom. The number of carbonyl (C=O) groups excluding carboxylic acids is 1. The topological polar surface area (TPSA) is 59.0 Å². The Morgan fingerprint density at radius 3 is 3.09 bits per heavy atom. The van der Waals surface area contributed by atoms with Gasteiger partial charge in [-0.05, 0) is 37.2 Å². The van der Waals surface area contributed by atoms with E-state index in [0.717, 1.165) is 29.7 Å². The molecule has 0 aliphatic carbocycles. The van der Waals surface area contributed by atoms with E-state index in [9.17, 15) is 4.79 Å². The van der Waals surface area contributed by atoms with E-state index >= 15 is 0 Å². The third-order valence-corrected chi connectivity index (χ3v) is 4.02. The number of aromatic nitrogens is 2. The minimum absolute atomic E-state index is 0.145. The molecule has 0 radical (unpaired) electrons. The van der Waals surface area contributed by atoms with Crippen molar-refractivity contribution in [1.82, 2.24) is 20.4 Å². The van der Waals surface area contributed by atoms with E-state index in [1.165, 1.54) is 5.57 Å². The lowest BCUT2D eigenvalue weighted by Gasteiger charge is -2.14. The molecule has 2 heterocycles. The van der Waals surface area contributed by atoms with Crippen molar-refractivity contribution in [2.24, 2.45) is 0 Å². The predicted molar refractivity (Wildman–Crippen MR) is 89.2 cm³/mol. The van der Waals surface area contributed by atoms with E-state index in [-0.39, 0.29) is 5.91 Å². The number of nitrogens with one attached hydrogen (secondary N) is 2. The molecule has 0 bridgehead atoms. The highest BCUT2D eigenvalue weighted by Gasteiger charge is 2.11. The number of carbonyl (C=O) groups is 1. The summed E-state index contributed by atoms with van der Waals surface area (Å²) in [6.07, 6.45) is 4.90.